The smallest absolute Gasteiger partial charge is 0.279 e. The first-order valence-corrected chi connectivity index (χ1v) is 7.57. The van der Waals surface area contributed by atoms with E-state index in [0.717, 1.165) is 5.56 Å². The van der Waals surface area contributed by atoms with Crippen LogP contribution in [0.5, 0.6) is 0 Å². The van der Waals surface area contributed by atoms with Gasteiger partial charge in [-0.3, -0.25) is 0 Å². The largest absolute Gasteiger partial charge is 0.394 e. The summed E-state index contributed by atoms with van der Waals surface area (Å²) in [7, 11) is -3.62. The van der Waals surface area contributed by atoms with E-state index < -0.39 is 22.9 Å². The Morgan fingerprint density at radius 3 is 2.68 bits per heavy atom. The van der Waals surface area contributed by atoms with Crippen LogP contribution in [-0.2, 0) is 23.2 Å². The fourth-order valence-electron chi connectivity index (χ4n) is 2.03. The van der Waals surface area contributed by atoms with Gasteiger partial charge in [-0.1, -0.05) is 24.3 Å². The monoisotopic (exact) mass is 286 g/mol. The van der Waals surface area contributed by atoms with Gasteiger partial charge < -0.3 is 10.2 Å². The van der Waals surface area contributed by atoms with Crippen LogP contribution in [0.4, 0.5) is 0 Å². The molecule has 1 aromatic carbocycles. The minimum absolute atomic E-state index is 0.184. The van der Waals surface area contributed by atoms with Crippen LogP contribution in [0.3, 0.4) is 0 Å². The fraction of sp³-hybridized carbons (Fsp3) is 0.500. The molecule has 1 unspecified atom stereocenters. The Bertz CT molecular complexity index is 532. The van der Waals surface area contributed by atoms with Gasteiger partial charge in [-0.25, -0.2) is 0 Å². The Morgan fingerprint density at radius 1 is 1.32 bits per heavy atom. The van der Waals surface area contributed by atoms with Gasteiger partial charge in [-0.05, 0) is 17.5 Å². The third kappa shape index (κ3) is 3.52. The maximum Gasteiger partial charge on any atom is 0.279 e. The summed E-state index contributed by atoms with van der Waals surface area (Å²) in [5, 5.41) is 17.9. The van der Waals surface area contributed by atoms with E-state index in [1.165, 1.54) is 9.87 Å². The van der Waals surface area contributed by atoms with Crippen molar-refractivity contribution in [2.24, 2.45) is 0 Å². The van der Waals surface area contributed by atoms with Crippen molar-refractivity contribution in [1.82, 2.24) is 9.03 Å². The van der Waals surface area contributed by atoms with Crippen LogP contribution in [0.15, 0.2) is 24.3 Å². The van der Waals surface area contributed by atoms with E-state index in [4.69, 9.17) is 5.11 Å². The number of hydrogen-bond donors (Lipinski definition) is 3. The molecule has 0 fully saturated rings. The summed E-state index contributed by atoms with van der Waals surface area (Å²) in [6, 6.07) is 7.75. The molecule has 7 heteroatoms. The molecule has 0 bridgehead atoms. The van der Waals surface area contributed by atoms with Crippen LogP contribution < -0.4 is 4.72 Å². The Morgan fingerprint density at radius 2 is 2.00 bits per heavy atom. The molecule has 2 rings (SSSR count). The van der Waals surface area contributed by atoms with E-state index in [0.29, 0.717) is 19.5 Å². The minimum Gasteiger partial charge on any atom is -0.394 e. The molecular formula is C12H18N2O4S. The summed E-state index contributed by atoms with van der Waals surface area (Å²) in [6.45, 7) is 0.102. The molecule has 1 aliphatic rings. The Labute approximate surface area is 112 Å². The zero-order valence-corrected chi connectivity index (χ0v) is 11.3. The first-order chi connectivity index (χ1) is 9.03. The van der Waals surface area contributed by atoms with Gasteiger partial charge in [-0.15, -0.1) is 0 Å². The molecule has 0 aliphatic carbocycles. The standard InChI is InChI=1S/C12H18N2O4S/c15-9-12(16)7-13-19(17,18)14-6-5-10-3-1-2-4-11(10)8-14/h1-4,12-13,15-16H,5-9H2. The van der Waals surface area contributed by atoms with Crippen molar-refractivity contribution in [3.8, 4) is 0 Å². The first-order valence-electron chi connectivity index (χ1n) is 6.13. The highest BCUT2D eigenvalue weighted by Gasteiger charge is 2.26. The van der Waals surface area contributed by atoms with Crippen LogP contribution in [0.1, 0.15) is 11.1 Å². The van der Waals surface area contributed by atoms with Gasteiger partial charge in [-0.2, -0.15) is 17.4 Å². The zero-order valence-electron chi connectivity index (χ0n) is 10.5. The maximum atomic E-state index is 12.0. The highest BCUT2D eigenvalue weighted by Crippen LogP contribution is 2.20. The second-order valence-corrected chi connectivity index (χ2v) is 6.30. The number of benzene rings is 1. The highest BCUT2D eigenvalue weighted by atomic mass is 32.2. The van der Waals surface area contributed by atoms with E-state index >= 15 is 0 Å². The average Bonchev–Trinajstić information content (AvgIpc) is 2.44. The molecule has 0 radical (unpaired) electrons. The van der Waals surface area contributed by atoms with Gasteiger partial charge in [0.2, 0.25) is 0 Å². The average molecular weight is 286 g/mol. The number of hydrogen-bond acceptors (Lipinski definition) is 4. The lowest BCUT2D eigenvalue weighted by Crippen LogP contribution is -2.45. The summed E-state index contributed by atoms with van der Waals surface area (Å²) >= 11 is 0. The molecule has 3 N–H and O–H groups in total. The second kappa shape index (κ2) is 5.98. The molecule has 1 aliphatic heterocycles. The van der Waals surface area contributed by atoms with E-state index in [1.807, 2.05) is 24.3 Å². The molecule has 1 atom stereocenters. The van der Waals surface area contributed by atoms with E-state index in [1.54, 1.807) is 0 Å². The van der Waals surface area contributed by atoms with E-state index in [9.17, 15) is 13.5 Å². The van der Waals surface area contributed by atoms with Crippen LogP contribution in [0.2, 0.25) is 0 Å². The molecular weight excluding hydrogens is 268 g/mol. The summed E-state index contributed by atoms with van der Waals surface area (Å²) in [6.07, 6.45) is -0.397. The van der Waals surface area contributed by atoms with Crippen molar-refractivity contribution in [2.45, 2.75) is 19.1 Å². The van der Waals surface area contributed by atoms with Gasteiger partial charge in [0.1, 0.15) is 0 Å². The fourth-order valence-corrected chi connectivity index (χ4v) is 3.26. The normalized spacial score (nSPS) is 18.0. The molecule has 1 heterocycles. The quantitative estimate of drug-likeness (QED) is 0.663. The molecule has 0 spiro atoms. The van der Waals surface area contributed by atoms with Gasteiger partial charge in [0.25, 0.3) is 10.2 Å². The van der Waals surface area contributed by atoms with Gasteiger partial charge in [0.05, 0.1) is 12.7 Å². The molecule has 106 valence electrons. The number of fused-ring (bicyclic) bond motifs is 1. The molecule has 1 aromatic rings. The third-order valence-corrected chi connectivity index (χ3v) is 4.67. The Hall–Kier alpha value is -0.990. The zero-order chi connectivity index (χ0) is 13.9. The summed E-state index contributed by atoms with van der Waals surface area (Å²) in [5.41, 5.74) is 2.17. The van der Waals surface area contributed by atoms with Crippen molar-refractivity contribution < 1.29 is 18.6 Å². The second-order valence-electron chi connectivity index (χ2n) is 4.54. The number of nitrogens with zero attached hydrogens (tertiary/aromatic N) is 1. The molecule has 0 saturated carbocycles. The van der Waals surface area contributed by atoms with Crippen molar-refractivity contribution >= 4 is 10.2 Å². The number of nitrogens with one attached hydrogen (secondary N) is 1. The van der Waals surface area contributed by atoms with E-state index in [2.05, 4.69) is 4.72 Å². The van der Waals surface area contributed by atoms with Crippen LogP contribution >= 0.6 is 0 Å². The lowest BCUT2D eigenvalue weighted by Gasteiger charge is -2.28. The molecule has 0 saturated heterocycles. The lowest BCUT2D eigenvalue weighted by atomic mass is 10.0. The van der Waals surface area contributed by atoms with Crippen molar-refractivity contribution in [3.63, 3.8) is 0 Å². The maximum absolute atomic E-state index is 12.0. The predicted octanol–water partition coefficient (Wildman–Crippen LogP) is -0.768. The number of aliphatic hydroxyl groups excluding tert-OH is 2. The van der Waals surface area contributed by atoms with Crippen LogP contribution in [-0.4, -0.2) is 48.7 Å². The van der Waals surface area contributed by atoms with Gasteiger partial charge in [0.15, 0.2) is 0 Å². The van der Waals surface area contributed by atoms with Crippen molar-refractivity contribution in [1.29, 1.82) is 0 Å². The summed E-state index contributed by atoms with van der Waals surface area (Å²) in [5.74, 6) is 0. The molecule has 19 heavy (non-hydrogen) atoms. The Balaban J connectivity index is 2.03. The summed E-state index contributed by atoms with van der Waals surface area (Å²) in [4.78, 5) is 0. The topological polar surface area (TPSA) is 89.9 Å². The summed E-state index contributed by atoms with van der Waals surface area (Å²) < 4.78 is 27.7. The predicted molar refractivity (Wildman–Crippen MR) is 70.6 cm³/mol. The highest BCUT2D eigenvalue weighted by molar-refractivity contribution is 7.87. The van der Waals surface area contributed by atoms with Gasteiger partial charge >= 0.3 is 0 Å². The van der Waals surface area contributed by atoms with Crippen molar-refractivity contribution in [3.05, 3.63) is 35.4 Å². The third-order valence-electron chi connectivity index (χ3n) is 3.15. The molecule has 0 amide bonds. The molecule has 6 nitrogen and oxygen atoms in total. The first kappa shape index (κ1) is 14.4. The Kier molecular flexibility index (Phi) is 4.54. The van der Waals surface area contributed by atoms with Crippen LogP contribution in [0, 0.1) is 0 Å². The molecule has 0 aromatic heterocycles. The van der Waals surface area contributed by atoms with Crippen LogP contribution in [0.25, 0.3) is 0 Å². The van der Waals surface area contributed by atoms with Crippen molar-refractivity contribution in [2.75, 3.05) is 19.7 Å². The number of rotatable bonds is 5. The number of aliphatic hydroxyl groups is 2. The minimum atomic E-state index is -3.62. The SMILES string of the molecule is O=S(=O)(NCC(O)CO)N1CCc2ccccc2C1. The van der Waals surface area contributed by atoms with Gasteiger partial charge in [0, 0.05) is 19.6 Å². The van der Waals surface area contributed by atoms with E-state index in [-0.39, 0.29) is 6.54 Å². The lowest BCUT2D eigenvalue weighted by molar-refractivity contribution is 0.0984.